The third kappa shape index (κ3) is 39.2. The summed E-state index contributed by atoms with van der Waals surface area (Å²) >= 11 is 0. The molecule has 0 spiro atoms. The van der Waals surface area contributed by atoms with Crippen LogP contribution in [0.3, 0.4) is 0 Å². The topological polar surface area (TPSA) is 108 Å². The molecule has 0 bridgehead atoms. The minimum atomic E-state index is -4.59. The summed E-state index contributed by atoms with van der Waals surface area (Å²) in [6.07, 6.45) is 43.7. The molecule has 0 aliphatic heterocycles. The van der Waals surface area contributed by atoms with Crippen LogP contribution in [0.25, 0.3) is 0 Å². The summed E-state index contributed by atoms with van der Waals surface area (Å²) in [6.45, 7) is 4.62. The van der Waals surface area contributed by atoms with Gasteiger partial charge in [-0.25, -0.2) is 0 Å². The fourth-order valence-electron chi connectivity index (χ4n) is 6.52. The average Bonchev–Trinajstić information content (AvgIpc) is 3.12. The Hall–Kier alpha value is -1.02. The maximum atomic E-state index is 12.8. The molecule has 0 rings (SSSR count). The summed E-state index contributed by atoms with van der Waals surface area (Å²) in [5.74, 6) is -0.206. The van der Waals surface area contributed by atoms with Gasteiger partial charge >= 0.3 is 0 Å². The Morgan fingerprint density at radius 3 is 1.50 bits per heavy atom. The number of rotatable bonds is 41. The van der Waals surface area contributed by atoms with Crippen LogP contribution in [0, 0.1) is 0 Å². The zero-order chi connectivity index (χ0) is 40.0. The lowest BCUT2D eigenvalue weighted by Gasteiger charge is -2.29. The normalized spacial score (nSPS) is 14.6. The predicted molar refractivity (Wildman–Crippen MR) is 228 cm³/mol. The number of nitrogens with zero attached hydrogens (tertiary/aromatic N) is 1. The minimum Gasteiger partial charge on any atom is -0.756 e. The van der Waals surface area contributed by atoms with Gasteiger partial charge in [0.15, 0.2) is 0 Å². The van der Waals surface area contributed by atoms with Gasteiger partial charge in [0.05, 0.1) is 39.9 Å². The number of likely N-dealkylation sites (N-methyl/N-ethyl adjacent to an activating group) is 1. The van der Waals surface area contributed by atoms with Gasteiger partial charge in [0.2, 0.25) is 5.91 Å². The van der Waals surface area contributed by atoms with Crippen LogP contribution >= 0.6 is 7.82 Å². The van der Waals surface area contributed by atoms with E-state index in [9.17, 15) is 19.4 Å². The van der Waals surface area contributed by atoms with Crippen LogP contribution in [0.4, 0.5) is 0 Å². The first-order chi connectivity index (χ1) is 26.0. The molecule has 8 nitrogen and oxygen atoms in total. The summed E-state index contributed by atoms with van der Waals surface area (Å²) in [5.41, 5.74) is 0. The summed E-state index contributed by atoms with van der Waals surface area (Å²) in [4.78, 5) is 25.3. The number of aliphatic hydroxyl groups excluding tert-OH is 1. The van der Waals surface area contributed by atoms with Crippen LogP contribution in [0.15, 0.2) is 24.3 Å². The van der Waals surface area contributed by atoms with Crippen molar-refractivity contribution in [2.45, 2.75) is 219 Å². The summed E-state index contributed by atoms with van der Waals surface area (Å²) in [7, 11) is 1.25. The second-order valence-electron chi connectivity index (χ2n) is 16.8. The van der Waals surface area contributed by atoms with E-state index in [4.69, 9.17) is 9.05 Å². The molecule has 0 saturated heterocycles. The number of hydrogen-bond acceptors (Lipinski definition) is 6. The number of unbranched alkanes of at least 4 members (excludes halogenated alkanes) is 26. The molecular formula is C45H89N2O6P. The van der Waals surface area contributed by atoms with Crippen LogP contribution in [-0.2, 0) is 18.4 Å². The number of aliphatic hydroxyl groups is 1. The van der Waals surface area contributed by atoms with Crippen LogP contribution in [0.5, 0.6) is 0 Å². The number of amides is 1. The Balaban J connectivity index is 4.37. The van der Waals surface area contributed by atoms with E-state index in [1.165, 1.54) is 148 Å². The highest BCUT2D eigenvalue weighted by atomic mass is 31.2. The lowest BCUT2D eigenvalue weighted by Crippen LogP contribution is -2.45. The minimum absolute atomic E-state index is 0.00433. The smallest absolute Gasteiger partial charge is 0.268 e. The van der Waals surface area contributed by atoms with Gasteiger partial charge in [-0.05, 0) is 32.1 Å². The Labute approximate surface area is 334 Å². The van der Waals surface area contributed by atoms with E-state index >= 15 is 0 Å². The predicted octanol–water partition coefficient (Wildman–Crippen LogP) is 11.9. The molecule has 0 heterocycles. The van der Waals surface area contributed by atoms with Gasteiger partial charge < -0.3 is 28.8 Å². The molecule has 1 unspecified atom stereocenters. The first-order valence-electron chi connectivity index (χ1n) is 22.7. The van der Waals surface area contributed by atoms with Crippen LogP contribution in [-0.4, -0.2) is 68.5 Å². The van der Waals surface area contributed by atoms with E-state index in [0.717, 1.165) is 38.5 Å². The molecule has 54 heavy (non-hydrogen) atoms. The van der Waals surface area contributed by atoms with E-state index in [-0.39, 0.29) is 19.1 Å². The van der Waals surface area contributed by atoms with Gasteiger partial charge in [0.1, 0.15) is 13.2 Å². The number of phosphoric ester groups is 1. The van der Waals surface area contributed by atoms with Crippen molar-refractivity contribution in [2.75, 3.05) is 40.9 Å². The van der Waals surface area contributed by atoms with E-state index < -0.39 is 20.0 Å². The van der Waals surface area contributed by atoms with Crippen molar-refractivity contribution in [1.29, 1.82) is 0 Å². The molecule has 0 aliphatic rings. The van der Waals surface area contributed by atoms with E-state index in [2.05, 4.69) is 31.3 Å². The fraction of sp³-hybridized carbons (Fsp3) is 0.889. The molecule has 0 fully saturated rings. The highest BCUT2D eigenvalue weighted by molar-refractivity contribution is 7.45. The molecular weight excluding hydrogens is 695 g/mol. The Morgan fingerprint density at radius 1 is 0.630 bits per heavy atom. The maximum absolute atomic E-state index is 12.8. The van der Waals surface area contributed by atoms with E-state index in [0.29, 0.717) is 17.4 Å². The highest BCUT2D eigenvalue weighted by Crippen LogP contribution is 2.38. The zero-order valence-electron chi connectivity index (χ0n) is 36.2. The lowest BCUT2D eigenvalue weighted by atomic mass is 10.0. The van der Waals surface area contributed by atoms with Crippen LogP contribution in [0.1, 0.15) is 206 Å². The SMILES string of the molecule is CCCCCCCCC/C=C/CC/C=C/[C@@H](O)[C@H](COP(=O)([O-])OCC[N+](C)(C)C)NC(=O)CCCCCCCCCCCCCCCCCCCCC. The summed E-state index contributed by atoms with van der Waals surface area (Å²) < 4.78 is 23.2. The standard InChI is InChI=1S/C45H89N2O6P/c1-6-8-10-12-14-16-18-20-21-22-23-24-25-27-29-31-33-35-37-39-45(49)46-43(42-53-54(50,51)52-41-40-47(3,4)5)44(48)38-36-34-32-30-28-26-19-17-15-13-11-9-7-2/h28,30,36,38,43-44,48H,6-27,29,31-35,37,39-42H2,1-5H3,(H-,46,49,50,51)/b30-28+,38-36+/t43-,44+/m0/s1. The number of nitrogens with one attached hydrogen (secondary N) is 1. The quantitative estimate of drug-likeness (QED) is 0.0277. The van der Waals surface area contributed by atoms with E-state index in [1.807, 2.05) is 27.2 Å². The molecule has 320 valence electrons. The van der Waals surface area contributed by atoms with Gasteiger partial charge in [-0.3, -0.25) is 9.36 Å². The Bertz CT molecular complexity index is 938. The third-order valence-electron chi connectivity index (χ3n) is 10.2. The molecule has 0 saturated carbocycles. The third-order valence-corrected chi connectivity index (χ3v) is 11.1. The zero-order valence-corrected chi connectivity index (χ0v) is 37.1. The van der Waals surface area contributed by atoms with Crippen molar-refractivity contribution in [3.63, 3.8) is 0 Å². The summed E-state index contributed by atoms with van der Waals surface area (Å²) in [6, 6.07) is -0.897. The number of carbonyl (C=O) groups excluding carboxylic acids is 1. The lowest BCUT2D eigenvalue weighted by molar-refractivity contribution is -0.870. The van der Waals surface area contributed by atoms with Gasteiger partial charge in [-0.2, -0.15) is 0 Å². The van der Waals surface area contributed by atoms with Crippen LogP contribution in [0.2, 0.25) is 0 Å². The monoisotopic (exact) mass is 785 g/mol. The molecule has 2 N–H and O–H groups in total. The van der Waals surface area contributed by atoms with Crippen molar-refractivity contribution in [3.8, 4) is 0 Å². The average molecular weight is 785 g/mol. The van der Waals surface area contributed by atoms with Crippen molar-refractivity contribution in [1.82, 2.24) is 5.32 Å². The largest absolute Gasteiger partial charge is 0.756 e. The molecule has 0 aromatic heterocycles. The van der Waals surface area contributed by atoms with Gasteiger partial charge in [0, 0.05) is 6.42 Å². The van der Waals surface area contributed by atoms with Crippen molar-refractivity contribution >= 4 is 13.7 Å². The van der Waals surface area contributed by atoms with Gasteiger partial charge in [0.25, 0.3) is 7.82 Å². The van der Waals surface area contributed by atoms with Crippen molar-refractivity contribution in [3.05, 3.63) is 24.3 Å². The Kier molecular flexibility index (Phi) is 36.8. The van der Waals surface area contributed by atoms with Crippen molar-refractivity contribution in [2.24, 2.45) is 0 Å². The molecule has 0 aromatic carbocycles. The fourth-order valence-corrected chi connectivity index (χ4v) is 7.24. The second-order valence-corrected chi connectivity index (χ2v) is 18.2. The number of hydrogen-bond donors (Lipinski definition) is 2. The first-order valence-corrected chi connectivity index (χ1v) is 24.2. The molecule has 1 amide bonds. The Morgan fingerprint density at radius 2 is 1.04 bits per heavy atom. The number of quaternary nitrogens is 1. The highest BCUT2D eigenvalue weighted by Gasteiger charge is 2.23. The molecule has 3 atom stereocenters. The molecule has 0 aromatic rings. The van der Waals surface area contributed by atoms with Crippen molar-refractivity contribution < 1.29 is 32.9 Å². The molecule has 0 aliphatic carbocycles. The second kappa shape index (κ2) is 37.6. The number of carbonyl (C=O) groups is 1. The molecule has 9 heteroatoms. The first kappa shape index (κ1) is 53.0. The van der Waals surface area contributed by atoms with Gasteiger partial charge in [-0.15, -0.1) is 0 Å². The van der Waals surface area contributed by atoms with E-state index in [1.54, 1.807) is 6.08 Å². The summed E-state index contributed by atoms with van der Waals surface area (Å²) in [5, 5.41) is 13.7. The molecule has 0 radical (unpaired) electrons. The van der Waals surface area contributed by atoms with Gasteiger partial charge in [-0.1, -0.05) is 192 Å². The maximum Gasteiger partial charge on any atom is 0.268 e. The number of allylic oxidation sites excluding steroid dienone is 3. The number of phosphoric acid groups is 1. The van der Waals surface area contributed by atoms with Crippen LogP contribution < -0.4 is 10.2 Å².